The molecule has 1 saturated heterocycles. The van der Waals surface area contributed by atoms with Crippen molar-refractivity contribution in [2.75, 3.05) is 53.6 Å². The van der Waals surface area contributed by atoms with Gasteiger partial charge in [0, 0.05) is 51.5 Å². The minimum Gasteiger partial charge on any atom is -0.396 e. The third kappa shape index (κ3) is 4.72. The average Bonchev–Trinajstić information content (AvgIpc) is 2.94. The summed E-state index contributed by atoms with van der Waals surface area (Å²) in [6.45, 7) is 7.30. The van der Waals surface area contributed by atoms with Gasteiger partial charge in [-0.15, -0.1) is 0 Å². The number of aromatic nitrogens is 2. The topological polar surface area (TPSA) is 78.8 Å². The Morgan fingerprint density at radius 2 is 2.08 bits per heavy atom. The van der Waals surface area contributed by atoms with E-state index in [9.17, 15) is 9.90 Å². The van der Waals surface area contributed by atoms with Crippen molar-refractivity contribution >= 4 is 5.91 Å². The highest BCUT2D eigenvalue weighted by Gasteiger charge is 2.36. The molecule has 1 aromatic rings. The number of likely N-dealkylation sites (tertiary alicyclic amines) is 1. The number of ether oxygens (including phenoxy) is 1. The van der Waals surface area contributed by atoms with E-state index in [0.29, 0.717) is 31.2 Å². The van der Waals surface area contributed by atoms with Gasteiger partial charge in [-0.25, -0.2) is 9.97 Å². The van der Waals surface area contributed by atoms with Gasteiger partial charge >= 0.3 is 0 Å². The van der Waals surface area contributed by atoms with Crippen LogP contribution in [0.2, 0.25) is 0 Å². The smallest absolute Gasteiger partial charge is 0.272 e. The summed E-state index contributed by atoms with van der Waals surface area (Å²) >= 11 is 0. The lowest BCUT2D eigenvalue weighted by Gasteiger charge is -2.23. The summed E-state index contributed by atoms with van der Waals surface area (Å²) in [7, 11) is 3.72. The van der Waals surface area contributed by atoms with Crippen LogP contribution in [0.5, 0.6) is 0 Å². The first-order valence-electron chi connectivity index (χ1n) is 8.34. The number of hydrogen-bond acceptors (Lipinski definition) is 6. The summed E-state index contributed by atoms with van der Waals surface area (Å²) in [5.74, 6) is 0.879. The van der Waals surface area contributed by atoms with Crippen LogP contribution in [0.25, 0.3) is 0 Å². The lowest BCUT2D eigenvalue weighted by Crippen LogP contribution is -2.34. The largest absolute Gasteiger partial charge is 0.396 e. The standard InChI is InChI=1S/C17H28N4O3/c1-12-7-16(19-13(2)18-12)17(23)21-9-14(15(10-21)11-22)8-20(3)5-6-24-4/h7,14-15,22H,5-6,8-11H2,1-4H3. The highest BCUT2D eigenvalue weighted by Crippen LogP contribution is 2.25. The zero-order valence-corrected chi connectivity index (χ0v) is 15.0. The Morgan fingerprint density at radius 3 is 2.71 bits per heavy atom. The first-order valence-corrected chi connectivity index (χ1v) is 8.34. The van der Waals surface area contributed by atoms with Crippen LogP contribution >= 0.6 is 0 Å². The maximum atomic E-state index is 12.7. The van der Waals surface area contributed by atoms with Crippen molar-refractivity contribution in [3.63, 3.8) is 0 Å². The third-order valence-electron chi connectivity index (χ3n) is 4.51. The number of aryl methyl sites for hydroxylation is 2. The van der Waals surface area contributed by atoms with Crippen molar-refractivity contribution in [1.82, 2.24) is 19.8 Å². The van der Waals surface area contributed by atoms with E-state index in [-0.39, 0.29) is 24.3 Å². The second-order valence-electron chi connectivity index (χ2n) is 6.61. The van der Waals surface area contributed by atoms with E-state index < -0.39 is 0 Å². The molecule has 7 heteroatoms. The zero-order chi connectivity index (χ0) is 17.7. The fourth-order valence-corrected chi connectivity index (χ4v) is 3.25. The molecule has 1 fully saturated rings. The lowest BCUT2D eigenvalue weighted by molar-refractivity contribution is 0.0772. The number of amides is 1. The average molecular weight is 336 g/mol. The van der Waals surface area contributed by atoms with E-state index in [1.165, 1.54) is 0 Å². The maximum absolute atomic E-state index is 12.7. The van der Waals surface area contributed by atoms with Crippen LogP contribution in [0.3, 0.4) is 0 Å². The minimum atomic E-state index is -0.0795. The Balaban J connectivity index is 2.03. The molecule has 0 bridgehead atoms. The fourth-order valence-electron chi connectivity index (χ4n) is 3.25. The van der Waals surface area contributed by atoms with Gasteiger partial charge in [0.2, 0.25) is 0 Å². The van der Waals surface area contributed by atoms with E-state index in [4.69, 9.17) is 4.74 Å². The van der Waals surface area contributed by atoms with Crippen molar-refractivity contribution in [2.45, 2.75) is 13.8 Å². The maximum Gasteiger partial charge on any atom is 0.272 e. The Bertz CT molecular complexity index is 547. The number of aliphatic hydroxyl groups excluding tert-OH is 1. The molecule has 2 unspecified atom stereocenters. The van der Waals surface area contributed by atoms with Gasteiger partial charge in [-0.1, -0.05) is 0 Å². The van der Waals surface area contributed by atoms with Crippen LogP contribution in [-0.2, 0) is 4.74 Å². The predicted octanol–water partition coefficient (Wildman–Crippen LogP) is 0.352. The van der Waals surface area contributed by atoms with Crippen molar-refractivity contribution in [2.24, 2.45) is 11.8 Å². The van der Waals surface area contributed by atoms with Crippen LogP contribution in [0.4, 0.5) is 0 Å². The molecule has 2 heterocycles. The fraction of sp³-hybridized carbons (Fsp3) is 0.706. The quantitative estimate of drug-likeness (QED) is 0.774. The van der Waals surface area contributed by atoms with Crippen molar-refractivity contribution < 1.29 is 14.6 Å². The van der Waals surface area contributed by atoms with Gasteiger partial charge in [-0.05, 0) is 32.9 Å². The molecule has 7 nitrogen and oxygen atoms in total. The predicted molar refractivity (Wildman–Crippen MR) is 90.8 cm³/mol. The molecule has 2 atom stereocenters. The van der Waals surface area contributed by atoms with Gasteiger partial charge in [0.1, 0.15) is 11.5 Å². The summed E-state index contributed by atoms with van der Waals surface area (Å²) in [5, 5.41) is 9.68. The number of carbonyl (C=O) groups excluding carboxylic acids is 1. The Morgan fingerprint density at radius 1 is 1.38 bits per heavy atom. The molecule has 1 aliphatic rings. The highest BCUT2D eigenvalue weighted by molar-refractivity contribution is 5.92. The molecule has 134 valence electrons. The third-order valence-corrected chi connectivity index (χ3v) is 4.51. The van der Waals surface area contributed by atoms with Gasteiger partial charge in [-0.2, -0.15) is 0 Å². The second kappa shape index (κ2) is 8.50. The van der Waals surface area contributed by atoms with Gasteiger partial charge < -0.3 is 19.6 Å². The van der Waals surface area contributed by atoms with Crippen LogP contribution in [0, 0.1) is 25.7 Å². The van der Waals surface area contributed by atoms with Crippen LogP contribution < -0.4 is 0 Å². The molecule has 0 saturated carbocycles. The summed E-state index contributed by atoms with van der Waals surface area (Å²) in [4.78, 5) is 25.2. The van der Waals surface area contributed by atoms with Gasteiger partial charge in [0.25, 0.3) is 5.91 Å². The first kappa shape index (κ1) is 18.8. The normalized spacial score (nSPS) is 20.8. The highest BCUT2D eigenvalue weighted by atomic mass is 16.5. The second-order valence-corrected chi connectivity index (χ2v) is 6.61. The summed E-state index contributed by atoms with van der Waals surface area (Å²) in [5.41, 5.74) is 1.23. The number of rotatable bonds is 7. The van der Waals surface area contributed by atoms with E-state index >= 15 is 0 Å². The molecule has 0 aliphatic carbocycles. The van der Waals surface area contributed by atoms with Crippen molar-refractivity contribution in [3.05, 3.63) is 23.3 Å². The van der Waals surface area contributed by atoms with Gasteiger partial charge in [0.05, 0.1) is 6.61 Å². The Kier molecular flexibility index (Phi) is 6.65. The van der Waals surface area contributed by atoms with Crippen LogP contribution in [-0.4, -0.2) is 84.3 Å². The summed E-state index contributed by atoms with van der Waals surface area (Å²) in [6.07, 6.45) is 0. The molecule has 0 spiro atoms. The SMILES string of the molecule is COCCN(C)CC1CN(C(=O)c2cc(C)nc(C)n2)CC1CO. The Hall–Kier alpha value is -1.57. The first-order chi connectivity index (χ1) is 11.4. The van der Waals surface area contributed by atoms with Gasteiger partial charge in [-0.3, -0.25) is 4.79 Å². The molecule has 0 aromatic carbocycles. The van der Waals surface area contributed by atoms with Crippen molar-refractivity contribution in [3.8, 4) is 0 Å². The van der Waals surface area contributed by atoms with E-state index in [1.54, 1.807) is 25.0 Å². The minimum absolute atomic E-state index is 0.0795. The molecule has 0 radical (unpaired) electrons. The number of methoxy groups -OCH3 is 1. The van der Waals surface area contributed by atoms with E-state index in [0.717, 1.165) is 18.8 Å². The summed E-state index contributed by atoms with van der Waals surface area (Å²) in [6, 6.07) is 1.72. The molecule has 24 heavy (non-hydrogen) atoms. The molecular formula is C17H28N4O3. The van der Waals surface area contributed by atoms with Crippen molar-refractivity contribution in [1.29, 1.82) is 0 Å². The van der Waals surface area contributed by atoms with Crippen LogP contribution in [0.15, 0.2) is 6.07 Å². The monoisotopic (exact) mass is 336 g/mol. The Labute approximate surface area is 143 Å². The summed E-state index contributed by atoms with van der Waals surface area (Å²) < 4.78 is 5.10. The molecule has 1 aliphatic heterocycles. The molecule has 1 N–H and O–H groups in total. The number of carbonyl (C=O) groups is 1. The van der Waals surface area contributed by atoms with E-state index in [2.05, 4.69) is 14.9 Å². The molecule has 2 rings (SSSR count). The molecular weight excluding hydrogens is 308 g/mol. The zero-order valence-electron chi connectivity index (χ0n) is 15.0. The molecule has 1 amide bonds. The van der Waals surface area contributed by atoms with E-state index in [1.807, 2.05) is 14.0 Å². The lowest BCUT2D eigenvalue weighted by atomic mass is 9.96. The molecule has 1 aromatic heterocycles. The van der Waals surface area contributed by atoms with Crippen LogP contribution in [0.1, 0.15) is 22.0 Å². The number of nitrogens with zero attached hydrogens (tertiary/aromatic N) is 4. The number of likely N-dealkylation sites (N-methyl/N-ethyl adjacent to an activating group) is 1. The number of hydrogen-bond donors (Lipinski definition) is 1. The van der Waals surface area contributed by atoms with Gasteiger partial charge in [0.15, 0.2) is 0 Å². The number of aliphatic hydroxyl groups is 1.